The minimum Gasteiger partial charge on any atom is -0.355 e. The Kier molecular flexibility index (Phi) is 4.85. The molecule has 6 rings (SSSR count). The number of fused-ring (bicyclic) bond motifs is 2. The summed E-state index contributed by atoms with van der Waals surface area (Å²) in [5.41, 5.74) is 7.13. The van der Waals surface area contributed by atoms with E-state index in [9.17, 15) is 4.39 Å². The van der Waals surface area contributed by atoms with Crippen LogP contribution in [-0.4, -0.2) is 19.9 Å². The van der Waals surface area contributed by atoms with Gasteiger partial charge in [0.2, 0.25) is 0 Å². The van der Waals surface area contributed by atoms with Crippen LogP contribution in [0.4, 0.5) is 27.1 Å². The second-order valence-corrected chi connectivity index (χ2v) is 7.90. The van der Waals surface area contributed by atoms with Gasteiger partial charge in [0.15, 0.2) is 0 Å². The van der Waals surface area contributed by atoms with Gasteiger partial charge in [0.25, 0.3) is 0 Å². The number of hydrogen-bond acceptors (Lipinski definition) is 5. The van der Waals surface area contributed by atoms with Crippen LogP contribution in [-0.2, 0) is 0 Å². The summed E-state index contributed by atoms with van der Waals surface area (Å²) in [6.45, 7) is 0. The van der Waals surface area contributed by atoms with Crippen molar-refractivity contribution in [3.05, 3.63) is 103 Å². The van der Waals surface area contributed by atoms with Crippen molar-refractivity contribution < 1.29 is 4.39 Å². The molecular formula is C27H19FN6. The summed E-state index contributed by atoms with van der Waals surface area (Å²) in [7, 11) is 0. The Morgan fingerprint density at radius 1 is 0.676 bits per heavy atom. The first-order valence-electron chi connectivity index (χ1n) is 10.8. The van der Waals surface area contributed by atoms with Gasteiger partial charge < -0.3 is 15.6 Å². The average molecular weight is 446 g/mol. The van der Waals surface area contributed by atoms with Crippen LogP contribution in [0, 0.1) is 5.82 Å². The first-order valence-corrected chi connectivity index (χ1v) is 10.8. The molecule has 0 bridgehead atoms. The van der Waals surface area contributed by atoms with E-state index in [1.54, 1.807) is 24.7 Å². The normalized spacial score (nSPS) is 11.1. The van der Waals surface area contributed by atoms with Gasteiger partial charge in [-0.15, -0.1) is 0 Å². The summed E-state index contributed by atoms with van der Waals surface area (Å²) in [5, 5.41) is 7.46. The van der Waals surface area contributed by atoms with Crippen molar-refractivity contribution in [2.45, 2.75) is 0 Å². The molecule has 0 atom stereocenters. The summed E-state index contributed by atoms with van der Waals surface area (Å²) in [6.07, 6.45) is 5.22. The first-order chi connectivity index (χ1) is 16.7. The molecule has 3 N–H and O–H groups in total. The number of H-pyrrole nitrogens is 1. The van der Waals surface area contributed by atoms with E-state index in [1.165, 1.54) is 12.1 Å². The molecule has 0 unspecified atom stereocenters. The Labute approximate surface area is 194 Å². The highest BCUT2D eigenvalue weighted by atomic mass is 19.1. The predicted molar refractivity (Wildman–Crippen MR) is 134 cm³/mol. The van der Waals surface area contributed by atoms with Gasteiger partial charge in [-0.3, -0.25) is 9.97 Å². The van der Waals surface area contributed by atoms with E-state index in [4.69, 9.17) is 4.98 Å². The lowest BCUT2D eigenvalue weighted by molar-refractivity contribution is 0.629. The predicted octanol–water partition coefficient (Wildman–Crippen LogP) is 6.80. The zero-order chi connectivity index (χ0) is 22.9. The third-order valence-electron chi connectivity index (χ3n) is 5.59. The largest absolute Gasteiger partial charge is 0.355 e. The van der Waals surface area contributed by atoms with Crippen molar-refractivity contribution in [1.29, 1.82) is 0 Å². The average Bonchev–Trinajstić information content (AvgIpc) is 3.29. The summed E-state index contributed by atoms with van der Waals surface area (Å²) in [5.74, 6) is 0.498. The van der Waals surface area contributed by atoms with Crippen LogP contribution < -0.4 is 10.6 Å². The van der Waals surface area contributed by atoms with Crippen molar-refractivity contribution >= 4 is 44.7 Å². The maximum Gasteiger partial charge on any atom is 0.138 e. The van der Waals surface area contributed by atoms with E-state index >= 15 is 0 Å². The molecule has 0 saturated heterocycles. The van der Waals surface area contributed by atoms with Crippen LogP contribution in [0.1, 0.15) is 0 Å². The molecule has 0 aliphatic carbocycles. The van der Waals surface area contributed by atoms with E-state index in [0.717, 1.165) is 56.1 Å². The lowest BCUT2D eigenvalue weighted by Gasteiger charge is -2.09. The van der Waals surface area contributed by atoms with Gasteiger partial charge >= 0.3 is 0 Å². The minimum atomic E-state index is -0.292. The molecule has 0 saturated carbocycles. The van der Waals surface area contributed by atoms with Crippen molar-refractivity contribution in [3.63, 3.8) is 0 Å². The number of aromatic amines is 1. The highest BCUT2D eigenvalue weighted by Crippen LogP contribution is 2.29. The van der Waals surface area contributed by atoms with E-state index in [2.05, 4.69) is 25.6 Å². The number of pyridine rings is 2. The highest BCUT2D eigenvalue weighted by molar-refractivity contribution is 5.94. The molecule has 6 nitrogen and oxygen atoms in total. The van der Waals surface area contributed by atoms with Crippen LogP contribution >= 0.6 is 0 Å². The van der Waals surface area contributed by atoms with Crippen molar-refractivity contribution in [3.8, 4) is 11.4 Å². The molecule has 0 fully saturated rings. The fourth-order valence-corrected chi connectivity index (χ4v) is 3.92. The van der Waals surface area contributed by atoms with Gasteiger partial charge in [-0.05, 0) is 78.9 Å². The number of imidazole rings is 1. The Morgan fingerprint density at radius 2 is 1.44 bits per heavy atom. The molecular weight excluding hydrogens is 427 g/mol. The highest BCUT2D eigenvalue weighted by Gasteiger charge is 2.08. The molecule has 164 valence electrons. The third kappa shape index (κ3) is 3.91. The van der Waals surface area contributed by atoms with Crippen molar-refractivity contribution in [1.82, 2.24) is 19.9 Å². The quantitative estimate of drug-likeness (QED) is 0.271. The molecule has 3 aromatic carbocycles. The van der Waals surface area contributed by atoms with E-state index in [1.807, 2.05) is 60.7 Å². The number of benzene rings is 3. The van der Waals surface area contributed by atoms with Gasteiger partial charge in [0.05, 0.1) is 16.6 Å². The Bertz CT molecular complexity index is 1610. The number of anilines is 4. The van der Waals surface area contributed by atoms with Gasteiger partial charge in [0.1, 0.15) is 11.6 Å². The molecule has 3 aromatic heterocycles. The summed E-state index contributed by atoms with van der Waals surface area (Å²) in [4.78, 5) is 16.5. The molecule has 3 heterocycles. The summed E-state index contributed by atoms with van der Waals surface area (Å²) in [6, 6.07) is 24.3. The zero-order valence-corrected chi connectivity index (χ0v) is 18.0. The SMILES string of the molecule is Fc1ccc2nccc(Nc3ccc4nc(-c5ccc(Nc6ccncc6)cc5)[nH]c4c3)c2c1. The lowest BCUT2D eigenvalue weighted by atomic mass is 10.1. The Morgan fingerprint density at radius 3 is 2.29 bits per heavy atom. The second-order valence-electron chi connectivity index (χ2n) is 7.90. The number of nitrogens with one attached hydrogen (secondary N) is 3. The van der Waals surface area contributed by atoms with Crippen molar-refractivity contribution in [2.75, 3.05) is 10.6 Å². The van der Waals surface area contributed by atoms with E-state index in [0.29, 0.717) is 0 Å². The number of rotatable bonds is 5. The number of hydrogen-bond donors (Lipinski definition) is 3. The minimum absolute atomic E-state index is 0.292. The lowest BCUT2D eigenvalue weighted by Crippen LogP contribution is -1.93. The van der Waals surface area contributed by atoms with E-state index < -0.39 is 0 Å². The molecule has 6 aromatic rings. The number of aromatic nitrogens is 4. The van der Waals surface area contributed by atoms with Crippen LogP contribution in [0.3, 0.4) is 0 Å². The van der Waals surface area contributed by atoms with Gasteiger partial charge in [-0.25, -0.2) is 9.37 Å². The zero-order valence-electron chi connectivity index (χ0n) is 18.0. The fraction of sp³-hybridized carbons (Fsp3) is 0. The third-order valence-corrected chi connectivity index (χ3v) is 5.59. The maximum absolute atomic E-state index is 13.8. The Hall–Kier alpha value is -4.78. The summed E-state index contributed by atoms with van der Waals surface area (Å²) >= 11 is 0. The van der Waals surface area contributed by atoms with Gasteiger partial charge in [-0.2, -0.15) is 0 Å². The Balaban J connectivity index is 1.26. The first kappa shape index (κ1) is 19.9. The van der Waals surface area contributed by atoms with Crippen LogP contribution in [0.2, 0.25) is 0 Å². The van der Waals surface area contributed by atoms with Crippen molar-refractivity contribution in [2.24, 2.45) is 0 Å². The molecule has 34 heavy (non-hydrogen) atoms. The molecule has 7 heteroatoms. The summed E-state index contributed by atoms with van der Waals surface area (Å²) < 4.78 is 13.8. The molecule has 0 aliphatic rings. The van der Waals surface area contributed by atoms with Crippen LogP contribution in [0.25, 0.3) is 33.3 Å². The van der Waals surface area contributed by atoms with Gasteiger partial charge in [-0.1, -0.05) is 0 Å². The fourth-order valence-electron chi connectivity index (χ4n) is 3.92. The smallest absolute Gasteiger partial charge is 0.138 e. The number of nitrogens with zero attached hydrogens (tertiary/aromatic N) is 3. The second kappa shape index (κ2) is 8.29. The van der Waals surface area contributed by atoms with Crippen LogP contribution in [0.5, 0.6) is 0 Å². The molecule has 0 aliphatic heterocycles. The molecule has 0 spiro atoms. The maximum atomic E-state index is 13.8. The topological polar surface area (TPSA) is 78.5 Å². The standard InChI is InChI=1S/C27H19FN6/c28-18-3-7-23-22(15-18)24(11-14-30-23)32-21-6-8-25-26(16-21)34-27(33-25)17-1-4-19(5-2-17)31-20-9-12-29-13-10-20/h1-16H,(H,29,31)(H,30,32)(H,33,34). The molecule has 0 radical (unpaired) electrons. The van der Waals surface area contributed by atoms with Gasteiger partial charge in [0, 0.05) is 52.3 Å². The van der Waals surface area contributed by atoms with Crippen LogP contribution in [0.15, 0.2) is 97.5 Å². The van der Waals surface area contributed by atoms with E-state index in [-0.39, 0.29) is 5.82 Å². The number of halogens is 1. The molecule has 0 amide bonds. The monoisotopic (exact) mass is 446 g/mol.